The molecule has 0 bridgehead atoms. The molecule has 1 heterocycles. The second-order valence-corrected chi connectivity index (χ2v) is 7.80. The van der Waals surface area contributed by atoms with E-state index >= 15 is 0 Å². The van der Waals surface area contributed by atoms with Crippen LogP contribution in [0.5, 0.6) is 0 Å². The Morgan fingerprint density at radius 2 is 1.76 bits per heavy atom. The summed E-state index contributed by atoms with van der Waals surface area (Å²) in [6.45, 7) is 0. The highest BCUT2D eigenvalue weighted by Crippen LogP contribution is 2.34. The predicted molar refractivity (Wildman–Crippen MR) is 98.6 cm³/mol. The van der Waals surface area contributed by atoms with Crippen molar-refractivity contribution >= 4 is 46.3 Å². The fourth-order valence-electron chi connectivity index (χ4n) is 2.05. The fourth-order valence-corrected chi connectivity index (χ4v) is 4.37. The van der Waals surface area contributed by atoms with Crippen molar-refractivity contribution < 1.29 is 13.2 Å². The van der Waals surface area contributed by atoms with Crippen LogP contribution >= 0.6 is 46.3 Å². The number of alkyl halides is 3. The third-order valence-electron chi connectivity index (χ3n) is 3.28. The van der Waals surface area contributed by atoms with E-state index in [0.29, 0.717) is 26.4 Å². The van der Waals surface area contributed by atoms with Crippen LogP contribution < -0.4 is 0 Å². The summed E-state index contributed by atoms with van der Waals surface area (Å²) in [6, 6.07) is 10.3. The highest BCUT2D eigenvalue weighted by atomic mass is 35.5. The van der Waals surface area contributed by atoms with Crippen LogP contribution in [0.15, 0.2) is 52.7 Å². The van der Waals surface area contributed by atoms with Gasteiger partial charge in [-0.2, -0.15) is 13.2 Å². The van der Waals surface area contributed by atoms with Crippen molar-refractivity contribution in [2.24, 2.45) is 0 Å². The van der Waals surface area contributed by atoms with Gasteiger partial charge >= 0.3 is 6.18 Å². The van der Waals surface area contributed by atoms with Gasteiger partial charge in [0.25, 0.3) is 0 Å². The maximum Gasteiger partial charge on any atom is 0.416 e. The Morgan fingerprint density at radius 3 is 2.40 bits per heavy atom. The van der Waals surface area contributed by atoms with Crippen molar-refractivity contribution in [3.8, 4) is 10.6 Å². The summed E-state index contributed by atoms with van der Waals surface area (Å²) in [5.41, 5.74) is 0.843. The molecular formula is C17H10Cl2F3NS2. The minimum absolute atomic E-state index is 0.576. The van der Waals surface area contributed by atoms with Crippen molar-refractivity contribution in [2.45, 2.75) is 16.8 Å². The zero-order valence-electron chi connectivity index (χ0n) is 12.5. The van der Waals surface area contributed by atoms with Gasteiger partial charge in [-0.25, -0.2) is 4.98 Å². The van der Waals surface area contributed by atoms with Crippen molar-refractivity contribution in [1.82, 2.24) is 4.98 Å². The Bertz CT molecular complexity index is 876. The lowest BCUT2D eigenvalue weighted by atomic mass is 10.1. The summed E-state index contributed by atoms with van der Waals surface area (Å²) in [4.78, 5) is 5.38. The molecule has 1 aromatic heterocycles. The lowest BCUT2D eigenvalue weighted by molar-refractivity contribution is -0.137. The van der Waals surface area contributed by atoms with Gasteiger partial charge < -0.3 is 0 Å². The zero-order chi connectivity index (χ0) is 18.0. The number of thiazole rings is 1. The van der Waals surface area contributed by atoms with Crippen molar-refractivity contribution in [3.05, 3.63) is 69.1 Å². The molecule has 0 aliphatic heterocycles. The van der Waals surface area contributed by atoms with Crippen LogP contribution in [-0.4, -0.2) is 4.98 Å². The van der Waals surface area contributed by atoms with Gasteiger partial charge in [0.05, 0.1) is 16.3 Å². The molecule has 1 nitrogen and oxygen atoms in total. The molecule has 130 valence electrons. The van der Waals surface area contributed by atoms with Gasteiger partial charge in [0.15, 0.2) is 0 Å². The third-order valence-corrected chi connectivity index (χ3v) is 5.99. The van der Waals surface area contributed by atoms with Crippen LogP contribution in [0.3, 0.4) is 0 Å². The van der Waals surface area contributed by atoms with E-state index in [9.17, 15) is 13.2 Å². The molecule has 3 aromatic rings. The van der Waals surface area contributed by atoms with E-state index in [1.807, 2.05) is 11.4 Å². The molecule has 0 radical (unpaired) electrons. The second-order valence-electron chi connectivity index (χ2n) is 5.08. The first-order valence-corrected chi connectivity index (χ1v) is 9.65. The van der Waals surface area contributed by atoms with Gasteiger partial charge in [-0.05, 0) is 30.3 Å². The molecule has 0 unspecified atom stereocenters. The van der Waals surface area contributed by atoms with E-state index in [1.165, 1.54) is 35.2 Å². The van der Waals surface area contributed by atoms with E-state index in [1.54, 1.807) is 12.1 Å². The maximum absolute atomic E-state index is 12.6. The molecule has 0 atom stereocenters. The summed E-state index contributed by atoms with van der Waals surface area (Å²) in [6.07, 6.45) is -4.33. The quantitative estimate of drug-likeness (QED) is 0.407. The van der Waals surface area contributed by atoms with Crippen molar-refractivity contribution in [1.29, 1.82) is 0 Å². The monoisotopic (exact) mass is 419 g/mol. The fraction of sp³-hybridized carbons (Fsp3) is 0.118. The van der Waals surface area contributed by atoms with Gasteiger partial charge in [-0.1, -0.05) is 35.3 Å². The normalized spacial score (nSPS) is 11.7. The van der Waals surface area contributed by atoms with Crippen LogP contribution in [0.4, 0.5) is 13.2 Å². The Labute approximate surface area is 160 Å². The summed E-state index contributed by atoms with van der Waals surface area (Å²) in [5, 5.41) is 3.74. The third kappa shape index (κ3) is 4.70. The van der Waals surface area contributed by atoms with E-state index < -0.39 is 11.7 Å². The first-order valence-electron chi connectivity index (χ1n) is 7.03. The summed E-state index contributed by atoms with van der Waals surface area (Å²) < 4.78 is 37.8. The largest absolute Gasteiger partial charge is 0.416 e. The topological polar surface area (TPSA) is 12.9 Å². The highest BCUT2D eigenvalue weighted by Gasteiger charge is 2.30. The van der Waals surface area contributed by atoms with E-state index in [4.69, 9.17) is 23.2 Å². The smallest absolute Gasteiger partial charge is 0.240 e. The standard InChI is InChI=1S/C17H10Cl2F3NS2/c18-12-5-6-15(14(19)7-12)24-8-13-9-25-16(23-13)10-1-3-11(4-2-10)17(20,21)22/h1-7,9H,8H2. The lowest BCUT2D eigenvalue weighted by Gasteiger charge is -2.06. The number of hydrogen-bond donors (Lipinski definition) is 0. The highest BCUT2D eigenvalue weighted by molar-refractivity contribution is 7.98. The number of thioether (sulfide) groups is 1. The summed E-state index contributed by atoms with van der Waals surface area (Å²) in [7, 11) is 0. The van der Waals surface area contributed by atoms with Gasteiger partial charge in [0.1, 0.15) is 5.01 Å². The van der Waals surface area contributed by atoms with Crippen molar-refractivity contribution in [2.75, 3.05) is 0 Å². The molecule has 0 saturated heterocycles. The first kappa shape index (κ1) is 18.6. The van der Waals surface area contributed by atoms with Crippen LogP contribution in [0, 0.1) is 0 Å². The Balaban J connectivity index is 1.70. The van der Waals surface area contributed by atoms with Crippen LogP contribution in [-0.2, 0) is 11.9 Å². The second kappa shape index (κ2) is 7.58. The van der Waals surface area contributed by atoms with Gasteiger partial charge in [0, 0.05) is 26.6 Å². The number of rotatable bonds is 4. The number of nitrogens with zero attached hydrogens (tertiary/aromatic N) is 1. The summed E-state index contributed by atoms with van der Waals surface area (Å²) in [5.74, 6) is 0.610. The molecule has 0 N–H and O–H groups in total. The number of aromatic nitrogens is 1. The molecule has 2 aromatic carbocycles. The average molecular weight is 420 g/mol. The van der Waals surface area contributed by atoms with Crippen LogP contribution in [0.25, 0.3) is 10.6 Å². The molecule has 0 fully saturated rings. The Morgan fingerprint density at radius 1 is 1.04 bits per heavy atom. The molecule has 3 rings (SSSR count). The SMILES string of the molecule is FC(F)(F)c1ccc(-c2nc(CSc3ccc(Cl)cc3Cl)cs2)cc1. The Kier molecular flexibility index (Phi) is 5.63. The van der Waals surface area contributed by atoms with Gasteiger partial charge in [-0.3, -0.25) is 0 Å². The number of benzene rings is 2. The number of hydrogen-bond acceptors (Lipinski definition) is 3. The molecule has 0 aliphatic rings. The minimum Gasteiger partial charge on any atom is -0.240 e. The van der Waals surface area contributed by atoms with Crippen molar-refractivity contribution in [3.63, 3.8) is 0 Å². The van der Waals surface area contributed by atoms with Gasteiger partial charge in [0.2, 0.25) is 0 Å². The molecule has 0 aliphatic carbocycles. The van der Waals surface area contributed by atoms with E-state index in [-0.39, 0.29) is 0 Å². The molecule has 8 heteroatoms. The zero-order valence-corrected chi connectivity index (χ0v) is 15.6. The predicted octanol–water partition coefficient (Wildman–Crippen LogP) is 7.43. The van der Waals surface area contributed by atoms with Crippen LogP contribution in [0.2, 0.25) is 10.0 Å². The maximum atomic E-state index is 12.6. The average Bonchev–Trinajstić information content (AvgIpc) is 3.02. The molecule has 0 saturated carbocycles. The summed E-state index contributed by atoms with van der Waals surface area (Å²) >= 11 is 14.9. The van der Waals surface area contributed by atoms with Crippen LogP contribution in [0.1, 0.15) is 11.3 Å². The van der Waals surface area contributed by atoms with E-state index in [0.717, 1.165) is 22.7 Å². The van der Waals surface area contributed by atoms with Gasteiger partial charge in [-0.15, -0.1) is 23.1 Å². The molecule has 0 spiro atoms. The molecule has 25 heavy (non-hydrogen) atoms. The molecular weight excluding hydrogens is 410 g/mol. The van der Waals surface area contributed by atoms with E-state index in [2.05, 4.69) is 4.98 Å². The number of halogens is 5. The Hall–Kier alpha value is -1.21. The molecule has 0 amide bonds. The first-order chi connectivity index (χ1) is 11.8. The lowest BCUT2D eigenvalue weighted by Crippen LogP contribution is -2.03. The minimum atomic E-state index is -4.33.